The summed E-state index contributed by atoms with van der Waals surface area (Å²) >= 11 is 1.65. The van der Waals surface area contributed by atoms with Crippen LogP contribution in [-0.2, 0) is 23.5 Å². The van der Waals surface area contributed by atoms with E-state index in [2.05, 4.69) is 53.1 Å². The first kappa shape index (κ1) is 25.7. The number of thioether (sulfide) groups is 1. The van der Waals surface area contributed by atoms with Crippen LogP contribution >= 0.6 is 11.8 Å². The van der Waals surface area contributed by atoms with Gasteiger partial charge in [0.05, 0.1) is 13.2 Å². The van der Waals surface area contributed by atoms with Crippen molar-refractivity contribution in [3.8, 4) is 0 Å². The molecule has 1 amide bonds. The van der Waals surface area contributed by atoms with Crippen LogP contribution in [0.4, 0.5) is 5.82 Å². The number of hydrogen-bond acceptors (Lipinski definition) is 7. The first-order valence-corrected chi connectivity index (χ1v) is 14.1. The molecule has 2 fully saturated rings. The molecule has 2 aliphatic heterocycles. The molecule has 0 radical (unpaired) electrons. The van der Waals surface area contributed by atoms with Crippen LogP contribution in [-0.4, -0.2) is 78.2 Å². The summed E-state index contributed by atoms with van der Waals surface area (Å²) < 4.78 is 5.36. The molecule has 0 atom stereocenters. The maximum absolute atomic E-state index is 12.7. The van der Waals surface area contributed by atoms with E-state index in [1.54, 1.807) is 11.8 Å². The number of aryl methyl sites for hydroxylation is 1. The van der Waals surface area contributed by atoms with E-state index in [0.717, 1.165) is 72.7 Å². The molecule has 0 saturated carbocycles. The Bertz CT molecular complexity index is 1160. The van der Waals surface area contributed by atoms with Crippen molar-refractivity contribution in [2.24, 2.45) is 0 Å². The normalized spacial score (nSPS) is 16.7. The fourth-order valence-corrected chi connectivity index (χ4v) is 5.51. The fourth-order valence-electron chi connectivity index (χ4n) is 4.68. The zero-order valence-corrected chi connectivity index (χ0v) is 22.3. The van der Waals surface area contributed by atoms with Crippen LogP contribution in [0.2, 0.25) is 0 Å². The van der Waals surface area contributed by atoms with Gasteiger partial charge in [-0.2, -0.15) is 0 Å². The molecule has 3 heterocycles. The Balaban J connectivity index is 1.17. The third-order valence-electron chi connectivity index (χ3n) is 6.92. The van der Waals surface area contributed by atoms with Crippen molar-refractivity contribution in [1.82, 2.24) is 19.8 Å². The number of benzene rings is 2. The van der Waals surface area contributed by atoms with Crippen molar-refractivity contribution < 1.29 is 9.53 Å². The third kappa shape index (κ3) is 6.89. The lowest BCUT2D eigenvalue weighted by Gasteiger charge is -2.35. The molecule has 194 valence electrons. The van der Waals surface area contributed by atoms with E-state index >= 15 is 0 Å². The molecular formula is C29H35N5O2S. The Morgan fingerprint density at radius 1 is 0.892 bits per heavy atom. The van der Waals surface area contributed by atoms with Crippen molar-refractivity contribution in [2.45, 2.75) is 30.8 Å². The lowest BCUT2D eigenvalue weighted by atomic mass is 10.1. The number of amides is 1. The molecule has 0 aliphatic carbocycles. The van der Waals surface area contributed by atoms with Gasteiger partial charge in [0.25, 0.3) is 5.91 Å². The Hall–Kier alpha value is -2.94. The molecule has 2 aliphatic rings. The number of morpholine rings is 1. The van der Waals surface area contributed by atoms with E-state index in [-0.39, 0.29) is 5.91 Å². The second-order valence-electron chi connectivity index (χ2n) is 9.49. The van der Waals surface area contributed by atoms with Crippen LogP contribution < -0.4 is 4.90 Å². The summed E-state index contributed by atoms with van der Waals surface area (Å²) in [7, 11) is 0. The molecule has 3 aromatic rings. The van der Waals surface area contributed by atoms with Crippen LogP contribution in [0.3, 0.4) is 0 Å². The van der Waals surface area contributed by atoms with Gasteiger partial charge in [-0.25, -0.2) is 9.97 Å². The number of rotatable bonds is 8. The second kappa shape index (κ2) is 12.5. The Morgan fingerprint density at radius 2 is 1.62 bits per heavy atom. The van der Waals surface area contributed by atoms with E-state index in [4.69, 9.17) is 14.7 Å². The van der Waals surface area contributed by atoms with Gasteiger partial charge in [-0.3, -0.25) is 9.69 Å². The summed E-state index contributed by atoms with van der Waals surface area (Å²) in [6.07, 6.45) is 0.884. The lowest BCUT2D eigenvalue weighted by molar-refractivity contribution is 0.0303. The van der Waals surface area contributed by atoms with E-state index in [0.29, 0.717) is 26.3 Å². The number of ether oxygens (including phenoxy) is 1. The van der Waals surface area contributed by atoms with Gasteiger partial charge in [-0.1, -0.05) is 61.2 Å². The Labute approximate surface area is 223 Å². The van der Waals surface area contributed by atoms with Gasteiger partial charge in [-0.15, -0.1) is 0 Å². The topological polar surface area (TPSA) is 61.8 Å². The van der Waals surface area contributed by atoms with Gasteiger partial charge in [0.15, 0.2) is 5.16 Å². The zero-order chi connectivity index (χ0) is 25.5. The number of carbonyl (C=O) groups excluding carboxylic acids is 1. The molecular weight excluding hydrogens is 482 g/mol. The number of carbonyl (C=O) groups is 1. The third-order valence-corrected chi connectivity index (χ3v) is 7.84. The van der Waals surface area contributed by atoms with Gasteiger partial charge in [0, 0.05) is 68.9 Å². The molecule has 8 heteroatoms. The second-order valence-corrected chi connectivity index (χ2v) is 10.4. The number of hydrogen-bond donors (Lipinski definition) is 0. The first-order chi connectivity index (χ1) is 18.2. The highest BCUT2D eigenvalue weighted by atomic mass is 32.2. The highest BCUT2D eigenvalue weighted by Gasteiger charge is 2.20. The van der Waals surface area contributed by atoms with Gasteiger partial charge < -0.3 is 14.5 Å². The molecule has 5 rings (SSSR count). The predicted molar refractivity (Wildman–Crippen MR) is 148 cm³/mol. The molecule has 2 saturated heterocycles. The summed E-state index contributed by atoms with van der Waals surface area (Å²) in [5.41, 5.74) is 4.33. The number of nitrogens with zero attached hydrogens (tertiary/aromatic N) is 5. The van der Waals surface area contributed by atoms with Crippen molar-refractivity contribution in [2.75, 3.05) is 57.4 Å². The average molecular weight is 518 g/mol. The molecule has 0 bridgehead atoms. The number of anilines is 1. The standard InChI is InChI=1S/C29H35N5O2S/c1-2-26-20-27(33-14-12-32(13-15-33)21-23-6-4-3-5-7-23)31-29(30-26)37-22-24-8-10-25(11-9-24)28(35)34-16-18-36-19-17-34/h3-11,20H,2,12-19,21-22H2,1H3. The smallest absolute Gasteiger partial charge is 0.254 e. The summed E-state index contributed by atoms with van der Waals surface area (Å²) in [5.74, 6) is 1.87. The summed E-state index contributed by atoms with van der Waals surface area (Å²) in [5, 5.41) is 0.814. The monoisotopic (exact) mass is 517 g/mol. The number of aromatic nitrogens is 2. The van der Waals surface area contributed by atoms with Crippen molar-refractivity contribution in [3.63, 3.8) is 0 Å². The van der Waals surface area contributed by atoms with Crippen LogP contribution in [0.15, 0.2) is 65.8 Å². The van der Waals surface area contributed by atoms with Gasteiger partial charge in [0.2, 0.25) is 0 Å². The molecule has 1 aromatic heterocycles. The van der Waals surface area contributed by atoms with Gasteiger partial charge >= 0.3 is 0 Å². The summed E-state index contributed by atoms with van der Waals surface area (Å²) in [6, 6.07) is 20.8. The average Bonchev–Trinajstić information content (AvgIpc) is 2.97. The Kier molecular flexibility index (Phi) is 8.71. The highest BCUT2D eigenvalue weighted by Crippen LogP contribution is 2.24. The van der Waals surface area contributed by atoms with Gasteiger partial charge in [0.1, 0.15) is 5.82 Å². The first-order valence-electron chi connectivity index (χ1n) is 13.2. The zero-order valence-electron chi connectivity index (χ0n) is 21.5. The summed E-state index contributed by atoms with van der Waals surface area (Å²) in [4.78, 5) is 29.2. The number of piperazine rings is 1. The molecule has 37 heavy (non-hydrogen) atoms. The van der Waals surface area contributed by atoms with Crippen molar-refractivity contribution in [1.29, 1.82) is 0 Å². The van der Waals surface area contributed by atoms with Crippen LogP contribution in [0.5, 0.6) is 0 Å². The molecule has 2 aromatic carbocycles. The van der Waals surface area contributed by atoms with Crippen LogP contribution in [0.1, 0.15) is 34.1 Å². The molecule has 0 N–H and O–H groups in total. The molecule has 0 spiro atoms. The van der Waals surface area contributed by atoms with Crippen molar-refractivity contribution >= 4 is 23.5 Å². The van der Waals surface area contributed by atoms with E-state index < -0.39 is 0 Å². The van der Waals surface area contributed by atoms with Crippen LogP contribution in [0.25, 0.3) is 0 Å². The maximum atomic E-state index is 12.7. The SMILES string of the molecule is CCc1cc(N2CCN(Cc3ccccc3)CC2)nc(SCc2ccc(C(=O)N3CCOCC3)cc2)n1. The lowest BCUT2D eigenvalue weighted by Crippen LogP contribution is -2.46. The maximum Gasteiger partial charge on any atom is 0.254 e. The highest BCUT2D eigenvalue weighted by molar-refractivity contribution is 7.98. The predicted octanol–water partition coefficient (Wildman–Crippen LogP) is 4.13. The minimum absolute atomic E-state index is 0.0787. The quantitative estimate of drug-likeness (QED) is 0.329. The van der Waals surface area contributed by atoms with Gasteiger partial charge in [-0.05, 0) is 29.7 Å². The molecule has 0 unspecified atom stereocenters. The fraction of sp³-hybridized carbons (Fsp3) is 0.414. The van der Waals surface area contributed by atoms with E-state index in [1.165, 1.54) is 5.56 Å². The van der Waals surface area contributed by atoms with Crippen LogP contribution in [0, 0.1) is 0 Å². The van der Waals surface area contributed by atoms with Crippen molar-refractivity contribution in [3.05, 3.63) is 83.0 Å². The minimum Gasteiger partial charge on any atom is -0.378 e. The van der Waals surface area contributed by atoms with E-state index in [1.807, 2.05) is 29.2 Å². The largest absolute Gasteiger partial charge is 0.378 e. The summed E-state index contributed by atoms with van der Waals surface area (Å²) in [6.45, 7) is 9.67. The molecule has 7 nitrogen and oxygen atoms in total. The minimum atomic E-state index is 0.0787. The Morgan fingerprint density at radius 3 is 2.32 bits per heavy atom. The van der Waals surface area contributed by atoms with E-state index in [9.17, 15) is 4.79 Å².